The molecule has 0 aromatic rings. The van der Waals surface area contributed by atoms with E-state index in [1.807, 2.05) is 4.90 Å². The van der Waals surface area contributed by atoms with Crippen molar-refractivity contribution in [3.63, 3.8) is 0 Å². The molecule has 0 saturated carbocycles. The van der Waals surface area contributed by atoms with E-state index < -0.39 is 0 Å². The molecule has 5 heteroatoms. The molecule has 0 N–H and O–H groups in total. The van der Waals surface area contributed by atoms with Gasteiger partial charge in [0.15, 0.2) is 5.17 Å². The fraction of sp³-hybridized carbons (Fsp3) is 0.750. The minimum atomic E-state index is 0. The molecule has 1 fully saturated rings. The minimum absolute atomic E-state index is 0. The normalized spacial score (nSPS) is 24.9. The number of amides is 1. The molecule has 0 unspecified atom stereocenters. The summed E-state index contributed by atoms with van der Waals surface area (Å²) in [4.78, 5) is 17.5. The Morgan fingerprint density at radius 1 is 1.54 bits per heavy atom. The van der Waals surface area contributed by atoms with Crippen LogP contribution in [0.15, 0.2) is 4.99 Å². The van der Waals surface area contributed by atoms with Crippen molar-refractivity contribution in [3.05, 3.63) is 0 Å². The molecule has 2 aliphatic heterocycles. The van der Waals surface area contributed by atoms with E-state index in [-0.39, 0.29) is 28.3 Å². The second-order valence-corrected chi connectivity index (χ2v) is 4.97. The molecule has 2 heterocycles. The number of rotatable bonds is 0. The topological polar surface area (TPSA) is 32.7 Å². The quantitative estimate of drug-likeness (QED) is 0.665. The summed E-state index contributed by atoms with van der Waals surface area (Å²) in [5.41, 5.74) is 0.157. The van der Waals surface area contributed by atoms with Crippen LogP contribution in [0.1, 0.15) is 13.8 Å². The number of hydrogen-bond donors (Lipinski definition) is 0. The summed E-state index contributed by atoms with van der Waals surface area (Å²) in [5.74, 6) is 0.793. The van der Waals surface area contributed by atoms with E-state index in [0.717, 1.165) is 18.3 Å². The molecule has 0 bridgehead atoms. The largest absolute Gasteiger partial charge is 0.290 e. The predicted molar refractivity (Wildman–Crippen MR) is 60.6 cm³/mol. The first-order valence-electron chi connectivity index (χ1n) is 4.06. The van der Waals surface area contributed by atoms with Crippen molar-refractivity contribution in [2.75, 3.05) is 18.8 Å². The van der Waals surface area contributed by atoms with E-state index in [4.69, 9.17) is 0 Å². The van der Waals surface area contributed by atoms with Crippen LogP contribution in [0.25, 0.3) is 0 Å². The van der Waals surface area contributed by atoms with Crippen molar-refractivity contribution < 1.29 is 4.79 Å². The fourth-order valence-electron chi connectivity index (χ4n) is 1.44. The number of nitrogens with zero attached hydrogens (tertiary/aromatic N) is 2. The molecular formula is C8H13BrN2OS. The SMILES string of the molecule is Br.CC1(C)CN=C2SCC(=O)N2C1. The van der Waals surface area contributed by atoms with Crippen LogP contribution in [-0.4, -0.2) is 34.8 Å². The number of halogens is 1. The Kier molecular flexibility index (Phi) is 3.07. The van der Waals surface area contributed by atoms with Gasteiger partial charge < -0.3 is 0 Å². The standard InChI is InChI=1S/C8H12N2OS.BrH/c1-8(2)4-9-7-10(5-8)6(11)3-12-7;/h3-5H2,1-2H3;1H. The summed E-state index contributed by atoms with van der Waals surface area (Å²) < 4.78 is 0. The van der Waals surface area contributed by atoms with Gasteiger partial charge in [0.05, 0.1) is 5.75 Å². The number of thioether (sulfide) groups is 1. The summed E-state index contributed by atoms with van der Waals surface area (Å²) >= 11 is 1.56. The molecular weight excluding hydrogens is 252 g/mol. The molecule has 13 heavy (non-hydrogen) atoms. The number of hydrogen-bond acceptors (Lipinski definition) is 3. The minimum Gasteiger partial charge on any atom is -0.290 e. The molecule has 2 aliphatic rings. The lowest BCUT2D eigenvalue weighted by molar-refractivity contribution is -0.125. The van der Waals surface area contributed by atoms with Crippen molar-refractivity contribution in [2.24, 2.45) is 10.4 Å². The molecule has 0 spiro atoms. The smallest absolute Gasteiger partial charge is 0.239 e. The third kappa shape index (κ3) is 2.07. The van der Waals surface area contributed by atoms with Crippen molar-refractivity contribution in [1.29, 1.82) is 0 Å². The van der Waals surface area contributed by atoms with Crippen LogP contribution < -0.4 is 0 Å². The molecule has 2 rings (SSSR count). The predicted octanol–water partition coefficient (Wildman–Crippen LogP) is 1.54. The molecule has 0 atom stereocenters. The third-order valence-corrected chi connectivity index (χ3v) is 3.08. The van der Waals surface area contributed by atoms with Crippen molar-refractivity contribution in [3.8, 4) is 0 Å². The Morgan fingerprint density at radius 3 is 2.92 bits per heavy atom. The van der Waals surface area contributed by atoms with Gasteiger partial charge in [-0.25, -0.2) is 0 Å². The lowest BCUT2D eigenvalue weighted by Gasteiger charge is -2.32. The number of carbonyl (C=O) groups is 1. The highest BCUT2D eigenvalue weighted by molar-refractivity contribution is 8.93. The zero-order chi connectivity index (χ0) is 8.77. The molecule has 1 saturated heterocycles. The Hall–Kier alpha value is -0.0300. The van der Waals surface area contributed by atoms with E-state index in [0.29, 0.717) is 5.75 Å². The molecule has 0 aliphatic carbocycles. The van der Waals surface area contributed by atoms with Gasteiger partial charge in [0.2, 0.25) is 5.91 Å². The van der Waals surface area contributed by atoms with E-state index in [9.17, 15) is 4.79 Å². The van der Waals surface area contributed by atoms with Crippen LogP contribution in [0.3, 0.4) is 0 Å². The highest BCUT2D eigenvalue weighted by Gasteiger charge is 2.36. The Bertz CT molecular complexity index is 265. The summed E-state index contributed by atoms with van der Waals surface area (Å²) in [7, 11) is 0. The summed E-state index contributed by atoms with van der Waals surface area (Å²) in [6, 6.07) is 0. The summed E-state index contributed by atoms with van der Waals surface area (Å²) in [6.45, 7) is 5.96. The van der Waals surface area contributed by atoms with Gasteiger partial charge in [-0.2, -0.15) is 0 Å². The molecule has 0 radical (unpaired) electrons. The highest BCUT2D eigenvalue weighted by Crippen LogP contribution is 2.29. The van der Waals surface area contributed by atoms with Gasteiger partial charge >= 0.3 is 0 Å². The second-order valence-electron chi connectivity index (χ2n) is 4.03. The first-order chi connectivity index (χ1) is 5.58. The van der Waals surface area contributed by atoms with Crippen LogP contribution in [0.5, 0.6) is 0 Å². The zero-order valence-corrected chi connectivity index (χ0v) is 10.3. The average molecular weight is 265 g/mol. The number of carbonyl (C=O) groups excluding carboxylic acids is 1. The van der Waals surface area contributed by atoms with E-state index >= 15 is 0 Å². The maximum absolute atomic E-state index is 11.3. The highest BCUT2D eigenvalue weighted by atomic mass is 79.9. The van der Waals surface area contributed by atoms with Gasteiger partial charge in [0, 0.05) is 18.5 Å². The molecule has 1 amide bonds. The van der Waals surface area contributed by atoms with Crippen LogP contribution in [0, 0.1) is 5.41 Å². The summed E-state index contributed by atoms with van der Waals surface area (Å²) in [5, 5.41) is 0.930. The molecule has 3 nitrogen and oxygen atoms in total. The van der Waals surface area contributed by atoms with Crippen molar-refractivity contribution in [1.82, 2.24) is 4.90 Å². The van der Waals surface area contributed by atoms with Crippen LogP contribution >= 0.6 is 28.7 Å². The van der Waals surface area contributed by atoms with Crippen molar-refractivity contribution >= 4 is 39.8 Å². The van der Waals surface area contributed by atoms with Crippen LogP contribution in [0.2, 0.25) is 0 Å². The average Bonchev–Trinajstić information content (AvgIpc) is 2.31. The fourth-order valence-corrected chi connectivity index (χ4v) is 2.32. The maximum Gasteiger partial charge on any atom is 0.239 e. The maximum atomic E-state index is 11.3. The molecule has 74 valence electrons. The summed E-state index contributed by atoms with van der Waals surface area (Å²) in [6.07, 6.45) is 0. The third-order valence-electron chi connectivity index (χ3n) is 2.09. The Morgan fingerprint density at radius 2 is 2.23 bits per heavy atom. The van der Waals surface area contributed by atoms with Gasteiger partial charge in [-0.15, -0.1) is 17.0 Å². The van der Waals surface area contributed by atoms with Gasteiger partial charge in [0.25, 0.3) is 0 Å². The monoisotopic (exact) mass is 264 g/mol. The molecule has 0 aromatic carbocycles. The molecule has 0 aromatic heterocycles. The Labute approximate surface area is 92.7 Å². The lowest BCUT2D eigenvalue weighted by atomic mass is 9.92. The first kappa shape index (κ1) is 11.0. The van der Waals surface area contributed by atoms with Gasteiger partial charge in [-0.1, -0.05) is 25.6 Å². The van der Waals surface area contributed by atoms with Gasteiger partial charge in [-0.3, -0.25) is 14.7 Å². The van der Waals surface area contributed by atoms with Crippen LogP contribution in [-0.2, 0) is 4.79 Å². The second kappa shape index (κ2) is 3.61. The Balaban J connectivity index is 0.000000845. The van der Waals surface area contributed by atoms with E-state index in [1.165, 1.54) is 0 Å². The number of aliphatic imine (C=N–C) groups is 1. The van der Waals surface area contributed by atoms with Crippen LogP contribution in [0.4, 0.5) is 0 Å². The first-order valence-corrected chi connectivity index (χ1v) is 5.05. The zero-order valence-electron chi connectivity index (χ0n) is 7.74. The van der Waals surface area contributed by atoms with E-state index in [1.54, 1.807) is 11.8 Å². The van der Waals surface area contributed by atoms with Crippen molar-refractivity contribution in [2.45, 2.75) is 13.8 Å². The van der Waals surface area contributed by atoms with Gasteiger partial charge in [0.1, 0.15) is 0 Å². The van der Waals surface area contributed by atoms with E-state index in [2.05, 4.69) is 18.8 Å². The van der Waals surface area contributed by atoms with Gasteiger partial charge in [-0.05, 0) is 0 Å². The number of amidine groups is 1. The number of fused-ring (bicyclic) bond motifs is 1. The lowest BCUT2D eigenvalue weighted by Crippen LogP contribution is -2.43.